The van der Waals surface area contributed by atoms with Crippen molar-refractivity contribution < 1.29 is 31.1 Å². The molecule has 0 amide bonds. The first-order valence-corrected chi connectivity index (χ1v) is 8.92. The molecule has 0 bridgehead atoms. The molecule has 1 aliphatic rings. The van der Waals surface area contributed by atoms with E-state index < -0.39 is 24.3 Å². The van der Waals surface area contributed by atoms with Gasteiger partial charge in [-0.1, -0.05) is 24.4 Å². The Bertz CT molecular complexity index is 849. The Morgan fingerprint density at radius 3 is 2.46 bits per heavy atom. The van der Waals surface area contributed by atoms with Gasteiger partial charge in [0, 0.05) is 17.7 Å². The summed E-state index contributed by atoms with van der Waals surface area (Å²) in [6, 6.07) is 4.43. The molecule has 0 unspecified atom stereocenters. The van der Waals surface area contributed by atoms with E-state index in [1.54, 1.807) is 19.9 Å². The summed E-state index contributed by atoms with van der Waals surface area (Å²) in [6.07, 6.45) is -8.46. The monoisotopic (exact) mass is 421 g/mol. The molecule has 0 aliphatic carbocycles. The minimum Gasteiger partial charge on any atom is -0.461 e. The molecule has 2 nitrogen and oxygen atoms in total. The molecule has 0 fully saturated rings. The van der Waals surface area contributed by atoms with Gasteiger partial charge in [-0.2, -0.15) is 26.3 Å². The van der Waals surface area contributed by atoms with E-state index in [0.29, 0.717) is 10.6 Å². The first-order chi connectivity index (χ1) is 12.8. The number of benzene rings is 1. The molecule has 1 aromatic carbocycles. The number of rotatable bonds is 5. The molecular weight excluding hydrogens is 404 g/mol. The van der Waals surface area contributed by atoms with Gasteiger partial charge in [0.05, 0.1) is 5.56 Å². The van der Waals surface area contributed by atoms with E-state index >= 15 is 0 Å². The second kappa shape index (κ2) is 8.46. The predicted octanol–water partition coefficient (Wildman–Crippen LogP) is 7.26. The lowest BCUT2D eigenvalue weighted by Gasteiger charge is -2.12. The number of alkyl halides is 6. The van der Waals surface area contributed by atoms with Crippen LogP contribution in [0.5, 0.6) is 5.75 Å². The number of hydrogen-bond donors (Lipinski definition) is 0. The number of nitrogens with zero attached hydrogens (tertiary/aromatic N) is 1. The van der Waals surface area contributed by atoms with Crippen LogP contribution in [-0.4, -0.2) is 11.2 Å². The largest absolute Gasteiger partial charge is 0.461 e. The Hall–Kier alpha value is -2.16. The molecule has 28 heavy (non-hydrogen) atoms. The Labute approximate surface area is 162 Å². The van der Waals surface area contributed by atoms with Gasteiger partial charge in [-0.05, 0) is 49.4 Å². The second-order valence-electron chi connectivity index (χ2n) is 6.05. The third kappa shape index (κ3) is 6.47. The highest BCUT2D eigenvalue weighted by molar-refractivity contribution is 8.18. The highest BCUT2D eigenvalue weighted by atomic mass is 32.2. The normalized spacial score (nSPS) is 18.3. The van der Waals surface area contributed by atoms with E-state index in [4.69, 9.17) is 4.74 Å². The average Bonchev–Trinajstić information content (AvgIpc) is 2.92. The number of hydrogen-bond acceptors (Lipinski definition) is 3. The summed E-state index contributed by atoms with van der Waals surface area (Å²) in [5.41, 5.74) is -0.287. The van der Waals surface area contributed by atoms with E-state index in [2.05, 4.69) is 11.6 Å². The maximum atomic E-state index is 12.8. The molecule has 1 aromatic rings. The fourth-order valence-electron chi connectivity index (χ4n) is 2.29. The average molecular weight is 421 g/mol. The molecule has 152 valence electrons. The molecule has 0 atom stereocenters. The van der Waals surface area contributed by atoms with Crippen molar-refractivity contribution in [3.8, 4) is 5.75 Å². The van der Waals surface area contributed by atoms with Crippen LogP contribution in [0.1, 0.15) is 32.3 Å². The number of aliphatic imine (C=N–C) groups is 1. The molecule has 0 saturated heterocycles. The van der Waals surface area contributed by atoms with Crippen LogP contribution in [-0.2, 0) is 6.18 Å². The molecule has 1 aliphatic heterocycles. The zero-order valence-electron chi connectivity index (χ0n) is 15.0. The van der Waals surface area contributed by atoms with Gasteiger partial charge in [-0.25, -0.2) is 4.99 Å². The summed E-state index contributed by atoms with van der Waals surface area (Å²) >= 11 is 1.23. The smallest absolute Gasteiger partial charge is 0.416 e. The molecule has 1 heterocycles. The summed E-state index contributed by atoms with van der Waals surface area (Å²) in [5, 5.41) is 0.397. The first kappa shape index (κ1) is 22.1. The van der Waals surface area contributed by atoms with Gasteiger partial charge in [0.2, 0.25) is 0 Å². The number of ether oxygens (including phenoxy) is 1. The van der Waals surface area contributed by atoms with Gasteiger partial charge >= 0.3 is 12.4 Å². The predicted molar refractivity (Wildman–Crippen MR) is 98.0 cm³/mol. The molecule has 0 radical (unpaired) electrons. The van der Waals surface area contributed by atoms with Crippen molar-refractivity contribution in [2.24, 2.45) is 4.99 Å². The van der Waals surface area contributed by atoms with Crippen molar-refractivity contribution in [2.45, 2.75) is 39.0 Å². The van der Waals surface area contributed by atoms with E-state index in [1.807, 2.05) is 0 Å². The molecule has 9 heteroatoms. The first-order valence-electron chi connectivity index (χ1n) is 8.11. The zero-order chi connectivity index (χ0) is 21.1. The van der Waals surface area contributed by atoms with Crippen LogP contribution in [0.25, 0.3) is 0 Å². The SMILES string of the molecule is C=C(CCC(F)(F)F)N=C1SC(C)=C/C1=C(/C)Oc1cccc(C(F)(F)F)c1. The van der Waals surface area contributed by atoms with Crippen LogP contribution in [0, 0.1) is 0 Å². The highest BCUT2D eigenvalue weighted by Crippen LogP contribution is 2.36. The van der Waals surface area contributed by atoms with Crippen LogP contribution in [0.3, 0.4) is 0 Å². The van der Waals surface area contributed by atoms with Gasteiger partial charge in [-0.3, -0.25) is 0 Å². The zero-order valence-corrected chi connectivity index (χ0v) is 15.9. The lowest BCUT2D eigenvalue weighted by Crippen LogP contribution is -2.07. The van der Waals surface area contributed by atoms with Crippen LogP contribution >= 0.6 is 11.8 Å². The van der Waals surface area contributed by atoms with Crippen LogP contribution in [0.4, 0.5) is 26.3 Å². The Kier molecular flexibility index (Phi) is 6.69. The van der Waals surface area contributed by atoms with Gasteiger partial charge in [0.25, 0.3) is 0 Å². The number of thioether (sulfide) groups is 1. The summed E-state index contributed by atoms with van der Waals surface area (Å²) in [4.78, 5) is 4.97. The third-order valence-corrected chi connectivity index (χ3v) is 4.55. The molecular formula is C19H17F6NOS. The Morgan fingerprint density at radius 2 is 1.86 bits per heavy atom. The number of allylic oxidation sites excluding steroid dienone is 4. The maximum Gasteiger partial charge on any atom is 0.416 e. The summed E-state index contributed by atoms with van der Waals surface area (Å²) < 4.78 is 81.1. The van der Waals surface area contributed by atoms with E-state index in [9.17, 15) is 26.3 Å². The van der Waals surface area contributed by atoms with Gasteiger partial charge in [0.1, 0.15) is 16.6 Å². The van der Waals surface area contributed by atoms with Gasteiger partial charge < -0.3 is 4.74 Å². The minimum atomic E-state index is -4.50. The van der Waals surface area contributed by atoms with Crippen LogP contribution in [0.15, 0.2) is 63.8 Å². The summed E-state index contributed by atoms with van der Waals surface area (Å²) in [5.74, 6) is 0.282. The minimum absolute atomic E-state index is 0.00183. The van der Waals surface area contributed by atoms with E-state index in [-0.39, 0.29) is 23.6 Å². The standard InChI is InChI=1S/C19H17F6NOS/c1-11(7-8-18(20,21)22)26-17-16(9-12(2)28-17)13(3)27-15-6-4-5-14(10-15)19(23,24)25/h4-6,9-10H,1,7-8H2,2-3H3/b16-13+,26-17?. The van der Waals surface area contributed by atoms with Crippen molar-refractivity contribution in [3.63, 3.8) is 0 Å². The molecule has 0 spiro atoms. The molecule has 0 aromatic heterocycles. The van der Waals surface area contributed by atoms with E-state index in [1.165, 1.54) is 23.9 Å². The Balaban J connectivity index is 2.23. The Morgan fingerprint density at radius 1 is 1.18 bits per heavy atom. The molecule has 2 rings (SSSR count). The lowest BCUT2D eigenvalue weighted by atomic mass is 10.2. The van der Waals surface area contributed by atoms with Crippen molar-refractivity contribution in [3.05, 3.63) is 64.4 Å². The quantitative estimate of drug-likeness (QED) is 0.369. The molecule has 0 saturated carbocycles. The van der Waals surface area contributed by atoms with E-state index in [0.717, 1.165) is 17.0 Å². The van der Waals surface area contributed by atoms with Crippen molar-refractivity contribution in [2.75, 3.05) is 0 Å². The summed E-state index contributed by atoms with van der Waals surface area (Å²) in [7, 11) is 0. The van der Waals surface area contributed by atoms with Crippen LogP contribution in [0.2, 0.25) is 0 Å². The maximum absolute atomic E-state index is 12.8. The molecule has 0 N–H and O–H groups in total. The fraction of sp³-hybridized carbons (Fsp3) is 0.316. The number of halogens is 6. The third-order valence-electron chi connectivity index (χ3n) is 3.60. The highest BCUT2D eigenvalue weighted by Gasteiger charge is 2.31. The van der Waals surface area contributed by atoms with Crippen molar-refractivity contribution in [1.29, 1.82) is 0 Å². The second-order valence-corrected chi connectivity index (χ2v) is 7.29. The fourth-order valence-corrected chi connectivity index (χ4v) is 3.26. The van der Waals surface area contributed by atoms with Gasteiger partial charge in [-0.15, -0.1) is 0 Å². The van der Waals surface area contributed by atoms with Crippen molar-refractivity contribution in [1.82, 2.24) is 0 Å². The van der Waals surface area contributed by atoms with Gasteiger partial charge in [0.15, 0.2) is 0 Å². The van der Waals surface area contributed by atoms with Crippen LogP contribution < -0.4 is 4.74 Å². The summed E-state index contributed by atoms with van der Waals surface area (Å²) in [6.45, 7) is 6.89. The lowest BCUT2D eigenvalue weighted by molar-refractivity contribution is -0.137. The topological polar surface area (TPSA) is 21.6 Å². The van der Waals surface area contributed by atoms with Crippen molar-refractivity contribution >= 4 is 16.8 Å².